The van der Waals surface area contributed by atoms with E-state index >= 15 is 0 Å². The van der Waals surface area contributed by atoms with Gasteiger partial charge in [0.1, 0.15) is 16.3 Å². The van der Waals surface area contributed by atoms with E-state index in [0.29, 0.717) is 27.8 Å². The van der Waals surface area contributed by atoms with Gasteiger partial charge >= 0.3 is 0 Å². The third kappa shape index (κ3) is 5.63. The highest BCUT2D eigenvalue weighted by Crippen LogP contribution is 2.29. The van der Waals surface area contributed by atoms with Crippen molar-refractivity contribution in [2.24, 2.45) is 7.05 Å². The fourth-order valence-corrected chi connectivity index (χ4v) is 5.24. The first kappa shape index (κ1) is 26.3. The minimum atomic E-state index is -4.06. The molecule has 1 heterocycles. The number of para-hydroxylation sites is 1. The number of sulfonamides is 1. The Morgan fingerprint density at radius 3 is 2.32 bits per heavy atom. The van der Waals surface area contributed by atoms with Crippen molar-refractivity contribution in [3.63, 3.8) is 0 Å². The van der Waals surface area contributed by atoms with Crippen LogP contribution in [0.15, 0.2) is 82.5 Å². The number of thiocarbonyl (C=S) groups is 1. The van der Waals surface area contributed by atoms with Crippen molar-refractivity contribution in [2.45, 2.75) is 11.8 Å². The van der Waals surface area contributed by atoms with Crippen LogP contribution in [0.5, 0.6) is 5.75 Å². The first-order valence-electron chi connectivity index (χ1n) is 11.0. The Morgan fingerprint density at radius 2 is 1.68 bits per heavy atom. The molecule has 192 valence electrons. The number of benzene rings is 3. The summed E-state index contributed by atoms with van der Waals surface area (Å²) in [7, 11) is -0.852. The maximum Gasteiger partial charge on any atom is 0.295 e. The number of hydrogen-bond donors (Lipinski definition) is 3. The van der Waals surface area contributed by atoms with E-state index in [2.05, 4.69) is 15.4 Å². The van der Waals surface area contributed by atoms with E-state index < -0.39 is 10.0 Å². The molecule has 0 unspecified atom stereocenters. The molecule has 12 heteroatoms. The lowest BCUT2D eigenvalue weighted by Crippen LogP contribution is -2.26. The molecule has 3 N–H and O–H groups in total. The topological polar surface area (TPSA) is 106 Å². The molecule has 37 heavy (non-hydrogen) atoms. The molecule has 0 aliphatic heterocycles. The number of ether oxygens (including phenoxy) is 1. The zero-order chi connectivity index (χ0) is 26.7. The fraction of sp³-hybridized carbons (Fsp3) is 0.120. The number of rotatable bonds is 7. The number of hydrogen-bond acceptors (Lipinski definition) is 5. The van der Waals surface area contributed by atoms with E-state index in [-0.39, 0.29) is 26.9 Å². The zero-order valence-corrected chi connectivity index (χ0v) is 22.5. The zero-order valence-electron chi connectivity index (χ0n) is 20.2. The summed E-state index contributed by atoms with van der Waals surface area (Å²) >= 11 is 11.4. The summed E-state index contributed by atoms with van der Waals surface area (Å²) in [5.41, 5.74) is 1.83. The van der Waals surface area contributed by atoms with Crippen LogP contribution in [0.1, 0.15) is 5.69 Å². The predicted octanol–water partition coefficient (Wildman–Crippen LogP) is 4.76. The van der Waals surface area contributed by atoms with Crippen LogP contribution in [0.4, 0.5) is 17.1 Å². The smallest absolute Gasteiger partial charge is 0.295 e. The third-order valence-electron chi connectivity index (χ3n) is 5.62. The highest BCUT2D eigenvalue weighted by molar-refractivity contribution is 7.93. The molecule has 0 saturated carbocycles. The quantitative estimate of drug-likeness (QED) is 0.281. The van der Waals surface area contributed by atoms with Crippen molar-refractivity contribution in [3.05, 3.63) is 93.9 Å². The van der Waals surface area contributed by atoms with Crippen LogP contribution in [0.3, 0.4) is 0 Å². The van der Waals surface area contributed by atoms with E-state index in [1.54, 1.807) is 49.0 Å². The van der Waals surface area contributed by atoms with Gasteiger partial charge in [-0.25, -0.2) is 13.1 Å². The molecule has 0 bridgehead atoms. The van der Waals surface area contributed by atoms with Crippen molar-refractivity contribution >= 4 is 56.0 Å². The van der Waals surface area contributed by atoms with Crippen LogP contribution in [0.2, 0.25) is 5.02 Å². The van der Waals surface area contributed by atoms with E-state index in [9.17, 15) is 13.2 Å². The average Bonchev–Trinajstić information content (AvgIpc) is 3.08. The van der Waals surface area contributed by atoms with Crippen LogP contribution < -0.4 is 25.7 Å². The van der Waals surface area contributed by atoms with Crippen LogP contribution in [0.25, 0.3) is 5.69 Å². The Morgan fingerprint density at radius 1 is 1.00 bits per heavy atom. The number of nitrogens with one attached hydrogen (secondary N) is 3. The molecule has 0 spiro atoms. The molecule has 4 aromatic rings. The lowest BCUT2D eigenvalue weighted by Gasteiger charge is -2.16. The molecule has 0 amide bonds. The Balaban J connectivity index is 1.63. The number of anilines is 3. The second kappa shape index (κ2) is 10.7. The van der Waals surface area contributed by atoms with Crippen LogP contribution >= 0.6 is 23.8 Å². The van der Waals surface area contributed by atoms with Gasteiger partial charge in [0, 0.05) is 23.8 Å². The van der Waals surface area contributed by atoms with E-state index in [0.717, 1.165) is 0 Å². The summed E-state index contributed by atoms with van der Waals surface area (Å²) in [6.07, 6.45) is 0. The Bertz CT molecular complexity index is 1620. The summed E-state index contributed by atoms with van der Waals surface area (Å²) in [5.74, 6) is 0.338. The highest BCUT2D eigenvalue weighted by atomic mass is 35.5. The van der Waals surface area contributed by atoms with Gasteiger partial charge in [-0.1, -0.05) is 29.8 Å². The molecule has 0 atom stereocenters. The molecule has 0 aliphatic carbocycles. The molecule has 0 radical (unpaired) electrons. The van der Waals surface area contributed by atoms with Gasteiger partial charge in [0.25, 0.3) is 15.6 Å². The van der Waals surface area contributed by atoms with Crippen LogP contribution in [-0.2, 0) is 17.1 Å². The van der Waals surface area contributed by atoms with Crippen molar-refractivity contribution in [3.8, 4) is 11.4 Å². The molecule has 0 saturated heterocycles. The predicted molar refractivity (Wildman–Crippen MR) is 151 cm³/mol. The lowest BCUT2D eigenvalue weighted by molar-refractivity contribution is 0.413. The number of methoxy groups -OCH3 is 1. The Kier molecular flexibility index (Phi) is 7.58. The third-order valence-corrected chi connectivity index (χ3v) is 7.49. The standard InChI is InChI=1S/C25H24ClN5O4S2/c1-16-23(24(32)31(30(16)2)19-7-5-4-6-8-19)28-25(36)27-21-14-13-20(35-3)15-22(21)37(33,34)29-18-11-9-17(26)10-12-18/h4-15,29H,1-3H3,(H2,27,28,36). The van der Waals surface area contributed by atoms with E-state index in [4.69, 9.17) is 28.6 Å². The summed E-state index contributed by atoms with van der Waals surface area (Å²) in [6, 6.07) is 20.0. The van der Waals surface area contributed by atoms with Crippen LogP contribution in [0, 0.1) is 6.92 Å². The molecule has 9 nitrogen and oxygen atoms in total. The Hall–Kier alpha value is -3.80. The Labute approximate surface area is 224 Å². The number of nitrogens with zero attached hydrogens (tertiary/aromatic N) is 2. The van der Waals surface area contributed by atoms with Crippen molar-refractivity contribution in [1.82, 2.24) is 9.36 Å². The highest BCUT2D eigenvalue weighted by Gasteiger charge is 2.22. The first-order chi connectivity index (χ1) is 17.6. The fourth-order valence-electron chi connectivity index (χ4n) is 3.66. The SMILES string of the molecule is COc1ccc(NC(=S)Nc2c(C)n(C)n(-c3ccccc3)c2=O)c(S(=O)(=O)Nc2ccc(Cl)cc2)c1. The van der Waals surface area contributed by atoms with Gasteiger partial charge in [-0.2, -0.15) is 0 Å². The summed E-state index contributed by atoms with van der Waals surface area (Å²) < 4.78 is 37.5. The second-order valence-electron chi connectivity index (χ2n) is 7.99. The summed E-state index contributed by atoms with van der Waals surface area (Å²) in [4.78, 5) is 13.1. The molecule has 3 aromatic carbocycles. The van der Waals surface area contributed by atoms with E-state index in [1.807, 2.05) is 30.3 Å². The number of aromatic nitrogens is 2. The molecular formula is C25H24ClN5O4S2. The van der Waals surface area contributed by atoms with Gasteiger partial charge in [-0.05, 0) is 67.7 Å². The van der Waals surface area contributed by atoms with Crippen molar-refractivity contribution in [2.75, 3.05) is 22.5 Å². The lowest BCUT2D eigenvalue weighted by atomic mass is 10.3. The normalized spacial score (nSPS) is 11.1. The minimum absolute atomic E-state index is 0.0409. The van der Waals surface area contributed by atoms with Gasteiger partial charge in [-0.3, -0.25) is 14.2 Å². The monoisotopic (exact) mass is 557 g/mol. The molecule has 0 fully saturated rings. The summed E-state index contributed by atoms with van der Waals surface area (Å²) in [6.45, 7) is 1.78. The molecule has 1 aromatic heterocycles. The average molecular weight is 558 g/mol. The molecular weight excluding hydrogens is 534 g/mol. The van der Waals surface area contributed by atoms with Gasteiger partial charge in [-0.15, -0.1) is 0 Å². The maximum atomic E-state index is 13.3. The number of halogens is 1. The molecule has 0 aliphatic rings. The van der Waals surface area contributed by atoms with Gasteiger partial charge in [0.15, 0.2) is 5.11 Å². The van der Waals surface area contributed by atoms with Gasteiger partial charge < -0.3 is 15.4 Å². The minimum Gasteiger partial charge on any atom is -0.497 e. The van der Waals surface area contributed by atoms with Gasteiger partial charge in [0.05, 0.1) is 24.2 Å². The summed E-state index contributed by atoms with van der Waals surface area (Å²) in [5, 5.41) is 6.35. The molecule has 4 rings (SSSR count). The van der Waals surface area contributed by atoms with Gasteiger partial charge in [0.2, 0.25) is 0 Å². The van der Waals surface area contributed by atoms with Crippen LogP contribution in [-0.4, -0.2) is 30.0 Å². The van der Waals surface area contributed by atoms with Crippen molar-refractivity contribution in [1.29, 1.82) is 0 Å². The maximum absolute atomic E-state index is 13.3. The first-order valence-corrected chi connectivity index (χ1v) is 13.3. The largest absolute Gasteiger partial charge is 0.497 e. The van der Waals surface area contributed by atoms with Crippen molar-refractivity contribution < 1.29 is 13.2 Å². The van der Waals surface area contributed by atoms with E-state index in [1.165, 1.54) is 23.9 Å². The second-order valence-corrected chi connectivity index (χ2v) is 10.5.